The second-order valence-electron chi connectivity index (χ2n) is 7.92. The minimum atomic E-state index is -0.856. The Hall–Kier alpha value is -3.26. The molecule has 1 atom stereocenters. The molecule has 3 rings (SSSR count). The smallest absolute Gasteiger partial charge is 0.304 e. The lowest BCUT2D eigenvalue weighted by atomic mass is 9.96. The van der Waals surface area contributed by atoms with Gasteiger partial charge in [0.2, 0.25) is 0 Å². The van der Waals surface area contributed by atoms with E-state index >= 15 is 0 Å². The van der Waals surface area contributed by atoms with Crippen LogP contribution >= 0.6 is 0 Å². The number of hydrogen-bond donors (Lipinski definition) is 1. The van der Waals surface area contributed by atoms with Crippen molar-refractivity contribution in [1.82, 2.24) is 9.78 Å². The molecular formula is C25H28N2O3. The van der Waals surface area contributed by atoms with Gasteiger partial charge in [-0.15, -0.1) is 5.92 Å². The van der Waals surface area contributed by atoms with E-state index in [1.165, 1.54) is 5.39 Å². The highest BCUT2D eigenvalue weighted by Gasteiger charge is 2.14. The summed E-state index contributed by atoms with van der Waals surface area (Å²) in [6, 6.07) is 13.8. The average molecular weight is 405 g/mol. The van der Waals surface area contributed by atoms with Gasteiger partial charge in [0.15, 0.2) is 0 Å². The van der Waals surface area contributed by atoms with Crippen molar-refractivity contribution in [2.24, 2.45) is 13.0 Å². The van der Waals surface area contributed by atoms with Crippen LogP contribution in [0.15, 0.2) is 42.5 Å². The predicted octanol–water partition coefficient (Wildman–Crippen LogP) is 4.93. The van der Waals surface area contributed by atoms with Crippen LogP contribution in [-0.2, 0) is 24.9 Å². The van der Waals surface area contributed by atoms with E-state index in [9.17, 15) is 4.79 Å². The highest BCUT2D eigenvalue weighted by molar-refractivity contribution is 5.82. The topological polar surface area (TPSA) is 64.3 Å². The van der Waals surface area contributed by atoms with Crippen molar-refractivity contribution in [2.75, 3.05) is 0 Å². The Morgan fingerprint density at radius 2 is 1.93 bits per heavy atom. The number of hydrogen-bond acceptors (Lipinski definition) is 3. The van der Waals surface area contributed by atoms with Crippen LogP contribution in [0.4, 0.5) is 0 Å². The summed E-state index contributed by atoms with van der Waals surface area (Å²) in [5, 5.41) is 14.9. The summed E-state index contributed by atoms with van der Waals surface area (Å²) in [6.45, 7) is 6.57. The van der Waals surface area contributed by atoms with Crippen molar-refractivity contribution in [2.45, 2.75) is 46.1 Å². The zero-order valence-electron chi connectivity index (χ0n) is 18.0. The number of aromatic nitrogens is 2. The monoisotopic (exact) mass is 404 g/mol. The molecule has 0 fully saturated rings. The minimum Gasteiger partial charge on any atom is -0.489 e. The summed E-state index contributed by atoms with van der Waals surface area (Å²) in [5.41, 5.74) is 4.22. The SMILES string of the molecule is CC#C[C@@H](CC(=O)O)c1ccc(OCc2ccc3c(c2)c(CC(C)C)nn3C)cc1. The Morgan fingerprint density at radius 3 is 2.57 bits per heavy atom. The van der Waals surface area contributed by atoms with Gasteiger partial charge in [-0.1, -0.05) is 38.0 Å². The Balaban J connectivity index is 1.72. The Kier molecular flexibility index (Phi) is 6.79. The lowest BCUT2D eigenvalue weighted by molar-refractivity contribution is -0.137. The molecule has 156 valence electrons. The van der Waals surface area contributed by atoms with Gasteiger partial charge in [-0.2, -0.15) is 5.10 Å². The molecule has 1 N–H and O–H groups in total. The average Bonchev–Trinajstić information content (AvgIpc) is 3.00. The molecule has 5 nitrogen and oxygen atoms in total. The molecular weight excluding hydrogens is 376 g/mol. The molecule has 0 radical (unpaired) electrons. The zero-order chi connectivity index (χ0) is 21.7. The molecule has 5 heteroatoms. The number of ether oxygens (including phenoxy) is 1. The number of benzene rings is 2. The van der Waals surface area contributed by atoms with E-state index in [-0.39, 0.29) is 12.3 Å². The Morgan fingerprint density at radius 1 is 1.20 bits per heavy atom. The minimum absolute atomic E-state index is 0.00905. The van der Waals surface area contributed by atoms with E-state index in [4.69, 9.17) is 9.84 Å². The molecule has 1 aromatic heterocycles. The van der Waals surface area contributed by atoms with Crippen LogP contribution in [0.25, 0.3) is 10.9 Å². The summed E-state index contributed by atoms with van der Waals surface area (Å²) in [5.74, 6) is 5.90. The van der Waals surface area contributed by atoms with Gasteiger partial charge in [0, 0.05) is 12.4 Å². The summed E-state index contributed by atoms with van der Waals surface area (Å²) in [4.78, 5) is 11.1. The molecule has 2 aromatic carbocycles. The number of rotatable bonds is 8. The van der Waals surface area contributed by atoms with E-state index in [1.807, 2.05) is 36.0 Å². The molecule has 0 aliphatic heterocycles. The van der Waals surface area contributed by atoms with Gasteiger partial charge in [0.05, 0.1) is 23.5 Å². The first-order valence-electron chi connectivity index (χ1n) is 10.2. The van der Waals surface area contributed by atoms with Crippen LogP contribution in [0.5, 0.6) is 5.75 Å². The fraction of sp³-hybridized carbons (Fsp3) is 0.360. The summed E-state index contributed by atoms with van der Waals surface area (Å²) >= 11 is 0. The van der Waals surface area contributed by atoms with Gasteiger partial charge in [-0.3, -0.25) is 9.48 Å². The van der Waals surface area contributed by atoms with Crippen LogP contribution in [0.2, 0.25) is 0 Å². The first-order valence-corrected chi connectivity index (χ1v) is 10.2. The number of carbonyl (C=O) groups is 1. The van der Waals surface area contributed by atoms with E-state index in [1.54, 1.807) is 6.92 Å². The van der Waals surface area contributed by atoms with E-state index in [2.05, 4.69) is 49.0 Å². The van der Waals surface area contributed by atoms with E-state index in [0.29, 0.717) is 12.5 Å². The number of nitrogens with zero attached hydrogens (tertiary/aromatic N) is 2. The van der Waals surface area contributed by atoms with Crippen molar-refractivity contribution < 1.29 is 14.6 Å². The second kappa shape index (κ2) is 9.49. The first-order chi connectivity index (χ1) is 14.4. The fourth-order valence-corrected chi connectivity index (χ4v) is 3.58. The van der Waals surface area contributed by atoms with Crippen molar-refractivity contribution in [3.05, 3.63) is 59.3 Å². The van der Waals surface area contributed by atoms with Gasteiger partial charge in [-0.25, -0.2) is 0 Å². The third-order valence-corrected chi connectivity index (χ3v) is 4.98. The number of aryl methyl sites for hydroxylation is 1. The van der Waals surface area contributed by atoms with Crippen LogP contribution in [0, 0.1) is 17.8 Å². The van der Waals surface area contributed by atoms with Crippen molar-refractivity contribution >= 4 is 16.9 Å². The molecule has 0 aliphatic carbocycles. The van der Waals surface area contributed by atoms with Gasteiger partial charge in [0.25, 0.3) is 0 Å². The zero-order valence-corrected chi connectivity index (χ0v) is 18.0. The summed E-state index contributed by atoms with van der Waals surface area (Å²) in [6.07, 6.45) is 0.937. The summed E-state index contributed by atoms with van der Waals surface area (Å²) < 4.78 is 7.90. The lowest BCUT2D eigenvalue weighted by Gasteiger charge is -2.11. The van der Waals surface area contributed by atoms with Crippen LogP contribution in [0.1, 0.15) is 49.9 Å². The van der Waals surface area contributed by atoms with E-state index in [0.717, 1.165) is 34.5 Å². The quantitative estimate of drug-likeness (QED) is 0.541. The maximum atomic E-state index is 11.1. The Labute approximate surface area is 177 Å². The third kappa shape index (κ3) is 5.21. The molecule has 0 aliphatic rings. The first kappa shape index (κ1) is 21.4. The Bertz CT molecular complexity index is 1090. The molecule has 0 saturated heterocycles. The molecule has 0 bridgehead atoms. The molecule has 0 spiro atoms. The summed E-state index contributed by atoms with van der Waals surface area (Å²) in [7, 11) is 1.98. The van der Waals surface area contributed by atoms with Crippen molar-refractivity contribution in [3.8, 4) is 17.6 Å². The van der Waals surface area contributed by atoms with Crippen LogP contribution in [0.3, 0.4) is 0 Å². The number of carboxylic acid groups (broad SMARTS) is 1. The maximum absolute atomic E-state index is 11.1. The largest absolute Gasteiger partial charge is 0.489 e. The van der Waals surface area contributed by atoms with Gasteiger partial charge >= 0.3 is 5.97 Å². The molecule has 3 aromatic rings. The standard InChI is InChI=1S/C25H28N2O3/c1-5-6-20(15-25(28)29)19-8-10-21(11-9-19)30-16-18-7-12-24-22(14-18)23(13-17(2)3)26-27(24)4/h7-12,14,17,20H,13,15-16H2,1-4H3,(H,28,29)/t20-/m0/s1. The van der Waals surface area contributed by atoms with Gasteiger partial charge in [-0.05, 0) is 54.7 Å². The van der Waals surface area contributed by atoms with Gasteiger partial charge in [0.1, 0.15) is 12.4 Å². The fourth-order valence-electron chi connectivity index (χ4n) is 3.58. The molecule has 0 amide bonds. The van der Waals surface area contributed by atoms with Crippen molar-refractivity contribution in [1.29, 1.82) is 0 Å². The maximum Gasteiger partial charge on any atom is 0.304 e. The predicted molar refractivity (Wildman–Crippen MR) is 118 cm³/mol. The number of carboxylic acids is 1. The number of aliphatic carboxylic acids is 1. The normalized spacial score (nSPS) is 11.9. The van der Waals surface area contributed by atoms with Crippen LogP contribution < -0.4 is 4.74 Å². The van der Waals surface area contributed by atoms with E-state index < -0.39 is 5.97 Å². The molecule has 0 unspecified atom stereocenters. The highest BCUT2D eigenvalue weighted by Crippen LogP contribution is 2.25. The molecule has 1 heterocycles. The van der Waals surface area contributed by atoms with Crippen molar-refractivity contribution in [3.63, 3.8) is 0 Å². The molecule has 0 saturated carbocycles. The lowest BCUT2D eigenvalue weighted by Crippen LogP contribution is -2.04. The second-order valence-corrected chi connectivity index (χ2v) is 7.92. The van der Waals surface area contributed by atoms with Crippen LogP contribution in [-0.4, -0.2) is 20.9 Å². The molecule has 30 heavy (non-hydrogen) atoms. The number of fused-ring (bicyclic) bond motifs is 1. The van der Waals surface area contributed by atoms with Gasteiger partial charge < -0.3 is 9.84 Å². The third-order valence-electron chi connectivity index (χ3n) is 4.98. The highest BCUT2D eigenvalue weighted by atomic mass is 16.5.